The summed E-state index contributed by atoms with van der Waals surface area (Å²) < 4.78 is 0. The molecule has 1 aliphatic rings. The average Bonchev–Trinajstić information content (AvgIpc) is 2.46. The molecule has 2 N–H and O–H groups in total. The van der Waals surface area contributed by atoms with Crippen LogP contribution in [0.25, 0.3) is 0 Å². The second-order valence-electron chi connectivity index (χ2n) is 5.55. The average molecular weight is 293 g/mol. The van der Waals surface area contributed by atoms with Crippen LogP contribution in [0.15, 0.2) is 12.3 Å². The second kappa shape index (κ2) is 6.51. The van der Waals surface area contributed by atoms with E-state index < -0.39 is 10.9 Å². The molecule has 0 unspecified atom stereocenters. The molecule has 1 fully saturated rings. The van der Waals surface area contributed by atoms with Crippen LogP contribution >= 0.6 is 0 Å². The van der Waals surface area contributed by atoms with Crippen LogP contribution in [0.1, 0.15) is 31.2 Å². The van der Waals surface area contributed by atoms with E-state index in [0.717, 1.165) is 12.8 Å². The zero-order valence-electron chi connectivity index (χ0n) is 11.9. The molecule has 21 heavy (non-hydrogen) atoms. The summed E-state index contributed by atoms with van der Waals surface area (Å²) in [7, 11) is 0. The first-order valence-electron chi connectivity index (χ1n) is 7.05. The van der Waals surface area contributed by atoms with Crippen LogP contribution in [0.4, 0.5) is 11.5 Å². The van der Waals surface area contributed by atoms with Gasteiger partial charge in [-0.1, -0.05) is 0 Å². The van der Waals surface area contributed by atoms with E-state index in [4.69, 9.17) is 5.11 Å². The minimum absolute atomic E-state index is 0.0575. The van der Waals surface area contributed by atoms with E-state index in [-0.39, 0.29) is 11.6 Å². The Bertz CT molecular complexity index is 539. The third kappa shape index (κ3) is 3.90. The fourth-order valence-electron chi connectivity index (χ4n) is 2.67. The molecule has 0 radical (unpaired) electrons. The molecule has 1 aromatic heterocycles. The number of carboxylic acids is 1. The van der Waals surface area contributed by atoms with Gasteiger partial charge in [0.1, 0.15) is 5.82 Å². The largest absolute Gasteiger partial charge is 0.481 e. The van der Waals surface area contributed by atoms with Crippen LogP contribution in [0.2, 0.25) is 0 Å². The predicted molar refractivity (Wildman–Crippen MR) is 77.2 cm³/mol. The van der Waals surface area contributed by atoms with Crippen LogP contribution < -0.4 is 5.32 Å². The Labute approximate surface area is 122 Å². The number of carboxylic acid groups (broad SMARTS) is 1. The molecule has 0 saturated heterocycles. The standard InChI is InChI=1S/C14H19N3O4/c1-9-7-15-13(6-12(9)17(20)21)16-8-10-2-4-11(5-3-10)14(18)19/h6-7,10-11H,2-5,8H2,1H3,(H,15,16)(H,18,19). The zero-order valence-corrected chi connectivity index (χ0v) is 11.9. The minimum Gasteiger partial charge on any atom is -0.481 e. The van der Waals surface area contributed by atoms with Gasteiger partial charge in [-0.2, -0.15) is 0 Å². The van der Waals surface area contributed by atoms with Gasteiger partial charge in [-0.3, -0.25) is 14.9 Å². The molecular weight excluding hydrogens is 274 g/mol. The highest BCUT2D eigenvalue weighted by Gasteiger charge is 2.25. The summed E-state index contributed by atoms with van der Waals surface area (Å²) in [6.45, 7) is 2.32. The van der Waals surface area contributed by atoms with Gasteiger partial charge >= 0.3 is 5.97 Å². The fraction of sp³-hybridized carbons (Fsp3) is 0.571. The number of pyridine rings is 1. The predicted octanol–water partition coefficient (Wildman–Crippen LogP) is 2.60. The lowest BCUT2D eigenvalue weighted by Gasteiger charge is -2.26. The van der Waals surface area contributed by atoms with Gasteiger partial charge in [-0.25, -0.2) is 4.98 Å². The summed E-state index contributed by atoms with van der Waals surface area (Å²) in [5.74, 6) is -0.0486. The molecule has 7 heteroatoms. The number of hydrogen-bond donors (Lipinski definition) is 2. The molecule has 1 heterocycles. The van der Waals surface area contributed by atoms with Crippen LogP contribution in [-0.2, 0) is 4.79 Å². The summed E-state index contributed by atoms with van der Waals surface area (Å²) in [5.41, 5.74) is 0.592. The number of nitrogens with zero attached hydrogens (tertiary/aromatic N) is 2. The molecule has 7 nitrogen and oxygen atoms in total. The van der Waals surface area contributed by atoms with Crippen molar-refractivity contribution >= 4 is 17.5 Å². The highest BCUT2D eigenvalue weighted by molar-refractivity contribution is 5.70. The number of rotatable bonds is 5. The lowest BCUT2D eigenvalue weighted by Crippen LogP contribution is -2.25. The van der Waals surface area contributed by atoms with Gasteiger partial charge in [0.2, 0.25) is 0 Å². The van der Waals surface area contributed by atoms with Gasteiger partial charge in [0, 0.05) is 18.3 Å². The molecular formula is C14H19N3O4. The highest BCUT2D eigenvalue weighted by atomic mass is 16.6. The third-order valence-electron chi connectivity index (χ3n) is 4.04. The van der Waals surface area contributed by atoms with Gasteiger partial charge < -0.3 is 10.4 Å². The second-order valence-corrected chi connectivity index (χ2v) is 5.55. The first-order chi connectivity index (χ1) is 9.97. The first kappa shape index (κ1) is 15.2. The van der Waals surface area contributed by atoms with Gasteiger partial charge in [-0.15, -0.1) is 0 Å². The molecule has 0 bridgehead atoms. The van der Waals surface area contributed by atoms with Crippen LogP contribution in [0.5, 0.6) is 0 Å². The van der Waals surface area contributed by atoms with E-state index in [1.807, 2.05) is 0 Å². The Kier molecular flexibility index (Phi) is 4.72. The number of hydrogen-bond acceptors (Lipinski definition) is 5. The molecule has 0 aromatic carbocycles. The lowest BCUT2D eigenvalue weighted by atomic mass is 9.82. The molecule has 0 atom stereocenters. The molecule has 0 spiro atoms. The molecule has 1 saturated carbocycles. The van der Waals surface area contributed by atoms with Crippen molar-refractivity contribution in [3.63, 3.8) is 0 Å². The maximum absolute atomic E-state index is 10.9. The maximum Gasteiger partial charge on any atom is 0.306 e. The van der Waals surface area contributed by atoms with Gasteiger partial charge in [0.05, 0.1) is 16.9 Å². The van der Waals surface area contributed by atoms with Crippen LogP contribution in [0.3, 0.4) is 0 Å². The monoisotopic (exact) mass is 293 g/mol. The summed E-state index contributed by atoms with van der Waals surface area (Å²) in [5, 5.41) is 22.9. The zero-order chi connectivity index (χ0) is 15.4. The van der Waals surface area contributed by atoms with Gasteiger partial charge in [0.25, 0.3) is 5.69 Å². The smallest absolute Gasteiger partial charge is 0.306 e. The highest BCUT2D eigenvalue weighted by Crippen LogP contribution is 2.29. The van der Waals surface area contributed by atoms with E-state index in [1.165, 1.54) is 12.3 Å². The van der Waals surface area contributed by atoms with Crippen molar-refractivity contribution in [1.82, 2.24) is 4.98 Å². The Hall–Kier alpha value is -2.18. The van der Waals surface area contributed by atoms with Crippen molar-refractivity contribution in [2.75, 3.05) is 11.9 Å². The van der Waals surface area contributed by atoms with Crippen molar-refractivity contribution in [2.45, 2.75) is 32.6 Å². The number of nitro groups is 1. The summed E-state index contributed by atoms with van der Waals surface area (Å²) in [6.07, 6.45) is 4.60. The third-order valence-corrected chi connectivity index (χ3v) is 4.04. The Morgan fingerprint density at radius 3 is 2.71 bits per heavy atom. The SMILES string of the molecule is Cc1cnc(NCC2CCC(C(=O)O)CC2)cc1[N+](=O)[O-]. The van der Waals surface area contributed by atoms with Gasteiger partial charge in [0.15, 0.2) is 0 Å². The van der Waals surface area contributed by atoms with Crippen LogP contribution in [-0.4, -0.2) is 27.5 Å². The summed E-state index contributed by atoms with van der Waals surface area (Å²) >= 11 is 0. The number of aromatic nitrogens is 1. The van der Waals surface area contributed by atoms with Crippen molar-refractivity contribution in [2.24, 2.45) is 11.8 Å². The fourth-order valence-corrected chi connectivity index (χ4v) is 2.67. The number of carbonyl (C=O) groups is 1. The minimum atomic E-state index is -0.711. The number of aryl methyl sites for hydroxylation is 1. The molecule has 0 amide bonds. The lowest BCUT2D eigenvalue weighted by molar-refractivity contribution is -0.385. The first-order valence-corrected chi connectivity index (χ1v) is 7.05. The van der Waals surface area contributed by atoms with E-state index in [0.29, 0.717) is 36.7 Å². The molecule has 2 rings (SSSR count). The van der Waals surface area contributed by atoms with Crippen molar-refractivity contribution < 1.29 is 14.8 Å². The number of nitrogens with one attached hydrogen (secondary N) is 1. The normalized spacial score (nSPS) is 21.8. The summed E-state index contributed by atoms with van der Waals surface area (Å²) in [4.78, 5) is 25.5. The van der Waals surface area contributed by atoms with E-state index >= 15 is 0 Å². The van der Waals surface area contributed by atoms with Crippen LogP contribution in [0, 0.1) is 28.9 Å². The Morgan fingerprint density at radius 1 is 1.48 bits per heavy atom. The molecule has 1 aliphatic carbocycles. The summed E-state index contributed by atoms with van der Waals surface area (Å²) in [6, 6.07) is 1.44. The maximum atomic E-state index is 10.9. The Balaban J connectivity index is 1.88. The van der Waals surface area contributed by atoms with Crippen molar-refractivity contribution in [1.29, 1.82) is 0 Å². The molecule has 0 aliphatic heterocycles. The number of aliphatic carboxylic acids is 1. The van der Waals surface area contributed by atoms with E-state index in [9.17, 15) is 14.9 Å². The van der Waals surface area contributed by atoms with Gasteiger partial charge in [-0.05, 0) is 38.5 Å². The number of anilines is 1. The quantitative estimate of drug-likeness (QED) is 0.638. The topological polar surface area (TPSA) is 105 Å². The molecule has 114 valence electrons. The van der Waals surface area contributed by atoms with Crippen molar-refractivity contribution in [3.05, 3.63) is 27.9 Å². The van der Waals surface area contributed by atoms with E-state index in [2.05, 4.69) is 10.3 Å². The molecule has 1 aromatic rings. The van der Waals surface area contributed by atoms with E-state index in [1.54, 1.807) is 6.92 Å². The van der Waals surface area contributed by atoms with Crippen molar-refractivity contribution in [3.8, 4) is 0 Å². The Morgan fingerprint density at radius 2 is 2.14 bits per heavy atom.